The highest BCUT2D eigenvalue weighted by molar-refractivity contribution is 9.10. The molecule has 4 nitrogen and oxygen atoms in total. The van der Waals surface area contributed by atoms with Gasteiger partial charge in [0.1, 0.15) is 10.8 Å². The summed E-state index contributed by atoms with van der Waals surface area (Å²) in [6.45, 7) is 3.44. The van der Waals surface area contributed by atoms with Gasteiger partial charge in [0.05, 0.1) is 20.9 Å². The average molecular weight is 502 g/mol. The maximum Gasteiger partial charge on any atom is 0.268 e. The Labute approximate surface area is 192 Å². The van der Waals surface area contributed by atoms with E-state index in [-0.39, 0.29) is 5.91 Å². The normalized spacial score (nSPS) is 11.5. The first kappa shape index (κ1) is 20.8. The molecule has 0 fully saturated rings. The van der Waals surface area contributed by atoms with Crippen LogP contribution in [0.4, 0.5) is 5.69 Å². The van der Waals surface area contributed by atoms with E-state index in [9.17, 15) is 4.79 Å². The number of hydrogen-bond acceptors (Lipinski definition) is 4. The first-order chi connectivity index (χ1) is 14.3. The highest BCUT2D eigenvalue weighted by Gasteiger charge is 2.30. The van der Waals surface area contributed by atoms with Crippen LogP contribution in [0.2, 0.25) is 5.02 Å². The van der Waals surface area contributed by atoms with Crippen LogP contribution in [0.1, 0.15) is 13.8 Å². The van der Waals surface area contributed by atoms with E-state index in [1.54, 1.807) is 43.4 Å². The molecular weight excluding hydrogens is 484 g/mol. The van der Waals surface area contributed by atoms with Crippen LogP contribution >= 0.6 is 38.9 Å². The molecule has 0 bridgehead atoms. The van der Waals surface area contributed by atoms with Crippen LogP contribution in [0.5, 0.6) is 5.75 Å². The SMILES string of the molecule is CC(C)(Oc1ccc(Br)cc1)C(=O)Nc1cc(-c2nc3ccccc3s2)ccc1Cl. The fourth-order valence-electron chi connectivity index (χ4n) is 2.87. The molecule has 0 radical (unpaired) electrons. The van der Waals surface area contributed by atoms with Gasteiger partial charge in [-0.1, -0.05) is 45.7 Å². The van der Waals surface area contributed by atoms with Crippen LogP contribution < -0.4 is 10.1 Å². The van der Waals surface area contributed by atoms with Gasteiger partial charge in [-0.05, 0) is 62.4 Å². The Kier molecular flexibility index (Phi) is 5.82. The minimum Gasteiger partial charge on any atom is -0.478 e. The monoisotopic (exact) mass is 500 g/mol. The molecule has 7 heteroatoms. The topological polar surface area (TPSA) is 51.2 Å². The maximum absolute atomic E-state index is 12.9. The highest BCUT2D eigenvalue weighted by Crippen LogP contribution is 2.34. The quantitative estimate of drug-likeness (QED) is 0.315. The lowest BCUT2D eigenvalue weighted by atomic mass is 10.1. The number of amides is 1. The Morgan fingerprint density at radius 1 is 1.10 bits per heavy atom. The lowest BCUT2D eigenvalue weighted by molar-refractivity contribution is -0.128. The van der Waals surface area contributed by atoms with E-state index >= 15 is 0 Å². The number of hydrogen-bond donors (Lipinski definition) is 1. The molecule has 0 aliphatic heterocycles. The molecule has 0 atom stereocenters. The van der Waals surface area contributed by atoms with E-state index in [2.05, 4.69) is 26.2 Å². The average Bonchev–Trinajstić information content (AvgIpc) is 3.15. The van der Waals surface area contributed by atoms with Crippen molar-refractivity contribution in [1.29, 1.82) is 0 Å². The Morgan fingerprint density at radius 3 is 2.57 bits per heavy atom. The fraction of sp³-hybridized carbons (Fsp3) is 0.130. The zero-order valence-electron chi connectivity index (χ0n) is 16.3. The van der Waals surface area contributed by atoms with Crippen LogP contribution in [0.15, 0.2) is 71.2 Å². The van der Waals surface area contributed by atoms with Crippen molar-refractivity contribution in [2.45, 2.75) is 19.4 Å². The number of fused-ring (bicyclic) bond motifs is 1. The number of carbonyl (C=O) groups excluding carboxylic acids is 1. The molecule has 0 aliphatic rings. The maximum atomic E-state index is 12.9. The van der Waals surface area contributed by atoms with E-state index in [4.69, 9.17) is 16.3 Å². The molecule has 0 unspecified atom stereocenters. The lowest BCUT2D eigenvalue weighted by Crippen LogP contribution is -2.42. The van der Waals surface area contributed by atoms with Gasteiger partial charge in [-0.2, -0.15) is 0 Å². The van der Waals surface area contributed by atoms with E-state index in [1.807, 2.05) is 48.5 Å². The molecule has 3 aromatic carbocycles. The van der Waals surface area contributed by atoms with Crippen molar-refractivity contribution in [1.82, 2.24) is 4.98 Å². The predicted molar refractivity (Wildman–Crippen MR) is 128 cm³/mol. The molecule has 30 heavy (non-hydrogen) atoms. The number of halogens is 2. The van der Waals surface area contributed by atoms with Crippen molar-refractivity contribution in [3.8, 4) is 16.3 Å². The van der Waals surface area contributed by atoms with Crippen molar-refractivity contribution in [2.24, 2.45) is 0 Å². The van der Waals surface area contributed by atoms with Gasteiger partial charge >= 0.3 is 0 Å². The molecule has 152 valence electrons. The van der Waals surface area contributed by atoms with Crippen molar-refractivity contribution in [2.75, 3.05) is 5.32 Å². The Bertz CT molecular complexity index is 1190. The number of carbonyl (C=O) groups is 1. The smallest absolute Gasteiger partial charge is 0.268 e. The molecule has 1 N–H and O–H groups in total. The van der Waals surface area contributed by atoms with Gasteiger partial charge in [0.25, 0.3) is 5.91 Å². The standard InChI is InChI=1S/C23H18BrClN2O2S/c1-23(2,29-16-10-8-15(24)9-11-16)22(28)27-19-13-14(7-12-17(19)25)21-26-18-5-3-4-6-20(18)30-21/h3-13H,1-2H3,(H,27,28). The zero-order valence-corrected chi connectivity index (χ0v) is 19.4. The summed E-state index contributed by atoms with van der Waals surface area (Å²) in [6.07, 6.45) is 0. The molecule has 0 saturated carbocycles. The van der Waals surface area contributed by atoms with E-state index in [0.29, 0.717) is 16.5 Å². The molecule has 0 saturated heterocycles. The number of para-hydroxylation sites is 1. The molecule has 4 rings (SSSR count). The first-order valence-corrected chi connectivity index (χ1v) is 11.2. The molecule has 1 amide bonds. The fourth-order valence-corrected chi connectivity index (χ4v) is 4.26. The number of aromatic nitrogens is 1. The van der Waals surface area contributed by atoms with E-state index in [1.165, 1.54) is 0 Å². The summed E-state index contributed by atoms with van der Waals surface area (Å²) in [5, 5.41) is 4.22. The third-order valence-electron chi connectivity index (χ3n) is 4.49. The Balaban J connectivity index is 1.56. The predicted octanol–water partition coefficient (Wildman–Crippen LogP) is 7.18. The van der Waals surface area contributed by atoms with Crippen molar-refractivity contribution < 1.29 is 9.53 Å². The second-order valence-corrected chi connectivity index (χ2v) is 9.56. The van der Waals surface area contributed by atoms with Gasteiger partial charge < -0.3 is 10.1 Å². The summed E-state index contributed by atoms with van der Waals surface area (Å²) in [5.74, 6) is 0.307. The zero-order chi connectivity index (χ0) is 21.3. The van der Waals surface area contributed by atoms with Gasteiger partial charge in [0.2, 0.25) is 0 Å². The number of benzene rings is 3. The molecule has 4 aromatic rings. The number of rotatable bonds is 5. The van der Waals surface area contributed by atoms with Crippen LogP contribution in [0, 0.1) is 0 Å². The summed E-state index contributed by atoms with van der Waals surface area (Å²) in [6, 6.07) is 20.8. The largest absolute Gasteiger partial charge is 0.478 e. The molecular formula is C23H18BrClN2O2S. The molecule has 1 heterocycles. The van der Waals surface area contributed by atoms with Crippen LogP contribution in [-0.4, -0.2) is 16.5 Å². The summed E-state index contributed by atoms with van der Waals surface area (Å²) in [5.41, 5.74) is 1.26. The minimum atomic E-state index is -1.09. The van der Waals surface area contributed by atoms with Crippen molar-refractivity contribution in [3.05, 3.63) is 76.2 Å². The Morgan fingerprint density at radius 2 is 1.83 bits per heavy atom. The third-order valence-corrected chi connectivity index (χ3v) is 6.43. The second-order valence-electron chi connectivity index (χ2n) is 7.20. The van der Waals surface area contributed by atoms with Crippen LogP contribution in [0.25, 0.3) is 20.8 Å². The first-order valence-electron chi connectivity index (χ1n) is 9.23. The van der Waals surface area contributed by atoms with Gasteiger partial charge in [-0.15, -0.1) is 11.3 Å². The number of ether oxygens (including phenoxy) is 1. The van der Waals surface area contributed by atoms with E-state index < -0.39 is 5.60 Å². The van der Waals surface area contributed by atoms with Gasteiger partial charge in [0, 0.05) is 10.0 Å². The summed E-state index contributed by atoms with van der Waals surface area (Å²) >= 11 is 11.3. The number of thiazole rings is 1. The summed E-state index contributed by atoms with van der Waals surface area (Å²) < 4.78 is 7.95. The van der Waals surface area contributed by atoms with Crippen molar-refractivity contribution >= 4 is 60.7 Å². The van der Waals surface area contributed by atoms with Crippen LogP contribution in [-0.2, 0) is 4.79 Å². The highest BCUT2D eigenvalue weighted by atomic mass is 79.9. The van der Waals surface area contributed by atoms with Gasteiger partial charge in [-0.3, -0.25) is 4.79 Å². The second kappa shape index (κ2) is 8.38. The van der Waals surface area contributed by atoms with Crippen LogP contribution in [0.3, 0.4) is 0 Å². The number of nitrogens with one attached hydrogen (secondary N) is 1. The molecule has 1 aromatic heterocycles. The number of nitrogens with zero attached hydrogens (tertiary/aromatic N) is 1. The van der Waals surface area contributed by atoms with Gasteiger partial charge in [-0.25, -0.2) is 4.98 Å². The Hall–Kier alpha value is -2.41. The minimum absolute atomic E-state index is 0.297. The summed E-state index contributed by atoms with van der Waals surface area (Å²) in [7, 11) is 0. The van der Waals surface area contributed by atoms with E-state index in [0.717, 1.165) is 25.3 Å². The molecule has 0 spiro atoms. The summed E-state index contributed by atoms with van der Waals surface area (Å²) in [4.78, 5) is 17.6. The molecule has 0 aliphatic carbocycles. The van der Waals surface area contributed by atoms with Gasteiger partial charge in [0.15, 0.2) is 5.60 Å². The van der Waals surface area contributed by atoms with Crippen molar-refractivity contribution in [3.63, 3.8) is 0 Å². The number of anilines is 1. The lowest BCUT2D eigenvalue weighted by Gasteiger charge is -2.25. The third kappa shape index (κ3) is 4.51.